The topological polar surface area (TPSA) is 237 Å². The second-order valence-electron chi connectivity index (χ2n) is 29.7. The first-order valence-electron chi connectivity index (χ1n) is 39.7. The van der Waals surface area contributed by atoms with Crippen molar-refractivity contribution in [3.8, 4) is 0 Å². The van der Waals surface area contributed by atoms with E-state index in [2.05, 4.69) is 55.4 Å². The largest absolute Gasteiger partial charge is 0.472 e. The fraction of sp³-hybridized carbons (Fsp3) is 0.948. The van der Waals surface area contributed by atoms with Gasteiger partial charge in [-0.2, -0.15) is 0 Å². The van der Waals surface area contributed by atoms with E-state index in [1.54, 1.807) is 0 Å². The maximum atomic E-state index is 13.1. The van der Waals surface area contributed by atoms with Crippen molar-refractivity contribution in [2.24, 2.45) is 23.7 Å². The van der Waals surface area contributed by atoms with E-state index in [0.29, 0.717) is 31.6 Å². The molecule has 0 aromatic rings. The van der Waals surface area contributed by atoms with Crippen LogP contribution >= 0.6 is 15.6 Å². The van der Waals surface area contributed by atoms with E-state index in [0.717, 1.165) is 114 Å². The quantitative estimate of drug-likeness (QED) is 0.0222. The number of hydrogen-bond donors (Lipinski definition) is 3. The molecule has 0 saturated carbocycles. The van der Waals surface area contributed by atoms with Crippen LogP contribution in [0.5, 0.6) is 0 Å². The highest BCUT2D eigenvalue weighted by molar-refractivity contribution is 7.47. The van der Waals surface area contributed by atoms with Crippen LogP contribution < -0.4 is 0 Å². The van der Waals surface area contributed by atoms with Crippen molar-refractivity contribution in [1.29, 1.82) is 0 Å². The predicted molar refractivity (Wildman–Crippen MR) is 391 cm³/mol. The first-order valence-corrected chi connectivity index (χ1v) is 42.7. The summed E-state index contributed by atoms with van der Waals surface area (Å²) in [6.45, 7) is 14.2. The second-order valence-corrected chi connectivity index (χ2v) is 32.6. The molecular formula is C77H150O17P2. The number of phosphoric acid groups is 2. The fourth-order valence-corrected chi connectivity index (χ4v) is 13.3. The lowest BCUT2D eigenvalue weighted by molar-refractivity contribution is -0.161. The minimum Gasteiger partial charge on any atom is -0.462 e. The predicted octanol–water partition coefficient (Wildman–Crippen LogP) is 22.4. The van der Waals surface area contributed by atoms with Crippen LogP contribution in [-0.2, 0) is 65.4 Å². The number of aliphatic hydroxyl groups is 1. The van der Waals surface area contributed by atoms with Gasteiger partial charge in [0.05, 0.1) is 26.4 Å². The Hall–Kier alpha value is -1.94. The van der Waals surface area contributed by atoms with E-state index in [-0.39, 0.29) is 25.7 Å². The van der Waals surface area contributed by atoms with E-state index in [9.17, 15) is 43.2 Å². The van der Waals surface area contributed by atoms with Gasteiger partial charge in [-0.3, -0.25) is 37.3 Å². The van der Waals surface area contributed by atoms with Gasteiger partial charge in [-0.25, -0.2) is 9.13 Å². The van der Waals surface area contributed by atoms with E-state index >= 15 is 0 Å². The minimum atomic E-state index is -4.96. The monoisotopic (exact) mass is 1410 g/mol. The number of carbonyl (C=O) groups is 4. The molecule has 0 aromatic carbocycles. The average Bonchev–Trinajstić information content (AvgIpc) is 3.64. The number of unbranched alkanes of at least 4 members (excludes halogenated alkanes) is 40. The molecule has 17 nitrogen and oxygen atoms in total. The molecule has 570 valence electrons. The number of esters is 4. The lowest BCUT2D eigenvalue weighted by atomic mass is 10.0. The summed E-state index contributed by atoms with van der Waals surface area (Å²) >= 11 is 0. The van der Waals surface area contributed by atoms with Crippen molar-refractivity contribution in [3.05, 3.63) is 0 Å². The molecule has 96 heavy (non-hydrogen) atoms. The van der Waals surface area contributed by atoms with Gasteiger partial charge in [0.1, 0.15) is 19.3 Å². The lowest BCUT2D eigenvalue weighted by Gasteiger charge is -2.21. The normalized spacial score (nSPS) is 14.1. The average molecular weight is 1410 g/mol. The van der Waals surface area contributed by atoms with Gasteiger partial charge < -0.3 is 33.8 Å². The Labute approximate surface area is 588 Å². The third-order valence-corrected chi connectivity index (χ3v) is 19.7. The Morgan fingerprint density at radius 1 is 0.260 bits per heavy atom. The van der Waals surface area contributed by atoms with Crippen LogP contribution in [0.25, 0.3) is 0 Å². The van der Waals surface area contributed by atoms with Crippen LogP contribution in [-0.4, -0.2) is 96.7 Å². The van der Waals surface area contributed by atoms with Crippen LogP contribution in [0.2, 0.25) is 0 Å². The van der Waals surface area contributed by atoms with Crippen LogP contribution in [0.4, 0.5) is 0 Å². The molecule has 0 aliphatic rings. The molecule has 3 N–H and O–H groups in total. The maximum Gasteiger partial charge on any atom is 0.472 e. The van der Waals surface area contributed by atoms with Gasteiger partial charge in [0.15, 0.2) is 12.2 Å². The SMILES string of the molecule is CC(C)CCCCCCCCCCCCCCCCCCC(=O)O[C@H](COC(=O)CCCCCCCCC(C)C)COP(=O)(O)OCC(O)COP(=O)(O)OC[C@@H](COC(=O)CCCCCCCCCCCC(C)C)OC(=O)CCCCCCCCCCCCCCCC(C)C. The number of aliphatic hydroxyl groups excluding tert-OH is 1. The third-order valence-electron chi connectivity index (χ3n) is 17.8. The van der Waals surface area contributed by atoms with Crippen molar-refractivity contribution in [1.82, 2.24) is 0 Å². The summed E-state index contributed by atoms with van der Waals surface area (Å²) in [4.78, 5) is 72.8. The molecule has 0 rings (SSSR count). The maximum absolute atomic E-state index is 13.1. The van der Waals surface area contributed by atoms with E-state index in [1.165, 1.54) is 186 Å². The third kappa shape index (κ3) is 70.5. The summed E-state index contributed by atoms with van der Waals surface area (Å²) in [7, 11) is -9.91. The van der Waals surface area contributed by atoms with Gasteiger partial charge in [-0.15, -0.1) is 0 Å². The lowest BCUT2D eigenvalue weighted by Crippen LogP contribution is -2.30. The van der Waals surface area contributed by atoms with Crippen LogP contribution in [0, 0.1) is 23.7 Å². The zero-order valence-electron chi connectivity index (χ0n) is 63.0. The van der Waals surface area contributed by atoms with Crippen molar-refractivity contribution in [3.63, 3.8) is 0 Å². The van der Waals surface area contributed by atoms with Crippen molar-refractivity contribution in [2.75, 3.05) is 39.6 Å². The molecule has 5 atom stereocenters. The summed E-state index contributed by atoms with van der Waals surface area (Å²) in [5.41, 5.74) is 0. The fourth-order valence-electron chi connectivity index (χ4n) is 11.7. The Morgan fingerprint density at radius 3 is 0.646 bits per heavy atom. The molecule has 0 radical (unpaired) electrons. The van der Waals surface area contributed by atoms with Crippen molar-refractivity contribution < 1.29 is 80.2 Å². The zero-order valence-corrected chi connectivity index (χ0v) is 64.8. The molecule has 19 heteroatoms. The summed E-state index contributed by atoms with van der Waals surface area (Å²) < 4.78 is 68.5. The second kappa shape index (κ2) is 66.3. The molecule has 0 spiro atoms. The summed E-state index contributed by atoms with van der Waals surface area (Å²) in [6.07, 6.45) is 51.5. The molecule has 3 unspecified atom stereocenters. The van der Waals surface area contributed by atoms with Crippen LogP contribution in [0.3, 0.4) is 0 Å². The van der Waals surface area contributed by atoms with E-state index in [1.807, 2.05) is 0 Å². The number of carbonyl (C=O) groups excluding carboxylic acids is 4. The Kier molecular flexibility index (Phi) is 65.0. The number of ether oxygens (including phenoxy) is 4. The van der Waals surface area contributed by atoms with Gasteiger partial charge >= 0.3 is 39.5 Å². The Bertz CT molecular complexity index is 1880. The highest BCUT2D eigenvalue weighted by atomic mass is 31.2. The van der Waals surface area contributed by atoms with E-state index in [4.69, 9.17) is 37.0 Å². The molecule has 0 aliphatic heterocycles. The van der Waals surface area contributed by atoms with Gasteiger partial charge in [-0.1, -0.05) is 338 Å². The summed E-state index contributed by atoms with van der Waals surface area (Å²) in [5, 5.41) is 10.6. The highest BCUT2D eigenvalue weighted by Gasteiger charge is 2.30. The standard InChI is InChI=1S/C77H150O17P2/c1-67(2)53-45-37-29-23-18-14-11-9-10-12-16-20-26-33-43-51-59-77(82)94-73(64-88-75(80)58-50-42-36-35-40-48-56-70(7)8)66-92-96(85,86)90-62-71(78)61-89-95(83,84)91-65-72(63-87-74(79)57-49-41-32-28-22-25-31-39-47-55-69(5)6)93-76(81)60-52-44-34-27-21-17-13-15-19-24-30-38-46-54-68(3)4/h67-73,78H,9-66H2,1-8H3,(H,83,84)(H,85,86)/t71?,72-,73-/m1/s1. The van der Waals surface area contributed by atoms with Gasteiger partial charge in [0, 0.05) is 25.7 Å². The molecule has 0 fully saturated rings. The first-order chi connectivity index (χ1) is 46.1. The molecule has 0 heterocycles. The smallest absolute Gasteiger partial charge is 0.462 e. The highest BCUT2D eigenvalue weighted by Crippen LogP contribution is 2.45. The Morgan fingerprint density at radius 2 is 0.438 bits per heavy atom. The molecule has 0 aliphatic carbocycles. The molecule has 0 bridgehead atoms. The van der Waals surface area contributed by atoms with Crippen molar-refractivity contribution >= 4 is 39.5 Å². The van der Waals surface area contributed by atoms with Crippen LogP contribution in [0.15, 0.2) is 0 Å². The minimum absolute atomic E-state index is 0.106. The summed E-state index contributed by atoms with van der Waals surface area (Å²) in [5.74, 6) is 0.898. The molecule has 0 amide bonds. The van der Waals surface area contributed by atoms with Gasteiger partial charge in [-0.05, 0) is 49.4 Å². The number of hydrogen-bond acceptors (Lipinski definition) is 15. The number of rotatable bonds is 74. The van der Waals surface area contributed by atoms with E-state index < -0.39 is 97.5 Å². The molecule has 0 saturated heterocycles. The molecule has 0 aromatic heterocycles. The zero-order chi connectivity index (χ0) is 71.0. The molecular weight excluding hydrogens is 1260 g/mol. The number of phosphoric ester groups is 2. The van der Waals surface area contributed by atoms with Crippen molar-refractivity contribution in [2.45, 2.75) is 408 Å². The van der Waals surface area contributed by atoms with Gasteiger partial charge in [0.25, 0.3) is 0 Å². The summed E-state index contributed by atoms with van der Waals surface area (Å²) in [6, 6.07) is 0. The Balaban J connectivity index is 5.21. The van der Waals surface area contributed by atoms with Gasteiger partial charge in [0.2, 0.25) is 0 Å². The first kappa shape index (κ1) is 94.1. The van der Waals surface area contributed by atoms with Crippen LogP contribution in [0.1, 0.15) is 389 Å².